The second-order valence-corrected chi connectivity index (χ2v) is 5.95. The van der Waals surface area contributed by atoms with E-state index in [1.807, 2.05) is 19.2 Å². The maximum Gasteiger partial charge on any atom is 0.326 e. The summed E-state index contributed by atoms with van der Waals surface area (Å²) in [7, 11) is 0. The van der Waals surface area contributed by atoms with Crippen LogP contribution in [0.4, 0.5) is 0 Å². The van der Waals surface area contributed by atoms with Crippen molar-refractivity contribution in [1.82, 2.24) is 5.32 Å². The van der Waals surface area contributed by atoms with Gasteiger partial charge in [-0.05, 0) is 43.0 Å². The standard InChI is InChI=1S/C13H16BrNO3S/c1-8-3-4-9(7-10(8)14)12(16)15-11(13(17)18)5-6-19-2/h3-4,7,11H,5-6H2,1-2H3,(H,15,16)(H,17,18)/t11-/m0/s1. The summed E-state index contributed by atoms with van der Waals surface area (Å²) < 4.78 is 0.830. The molecule has 0 heterocycles. The molecule has 0 radical (unpaired) electrons. The number of amides is 1. The van der Waals surface area contributed by atoms with Crippen LogP contribution in [0.3, 0.4) is 0 Å². The van der Waals surface area contributed by atoms with Gasteiger partial charge in [-0.1, -0.05) is 22.0 Å². The molecule has 0 spiro atoms. The van der Waals surface area contributed by atoms with Gasteiger partial charge in [0.1, 0.15) is 6.04 Å². The first-order valence-electron chi connectivity index (χ1n) is 5.74. The Morgan fingerprint density at radius 1 is 1.47 bits per heavy atom. The van der Waals surface area contributed by atoms with E-state index in [2.05, 4.69) is 21.2 Å². The van der Waals surface area contributed by atoms with Crippen LogP contribution in [0, 0.1) is 6.92 Å². The molecule has 0 aliphatic rings. The summed E-state index contributed by atoms with van der Waals surface area (Å²) >= 11 is 4.90. The van der Waals surface area contributed by atoms with Crippen molar-refractivity contribution in [2.75, 3.05) is 12.0 Å². The third-order valence-corrected chi connectivity index (χ3v) is 4.15. The number of hydrogen-bond acceptors (Lipinski definition) is 3. The molecule has 1 aromatic carbocycles. The summed E-state index contributed by atoms with van der Waals surface area (Å²) in [5.41, 5.74) is 1.47. The van der Waals surface area contributed by atoms with Gasteiger partial charge in [0.15, 0.2) is 0 Å². The van der Waals surface area contributed by atoms with E-state index < -0.39 is 12.0 Å². The Labute approximate surface area is 125 Å². The van der Waals surface area contributed by atoms with Crippen molar-refractivity contribution in [3.63, 3.8) is 0 Å². The Bertz CT molecular complexity index is 479. The topological polar surface area (TPSA) is 66.4 Å². The summed E-state index contributed by atoms with van der Waals surface area (Å²) in [5.74, 6) is -0.683. The number of carbonyl (C=O) groups excluding carboxylic acids is 1. The van der Waals surface area contributed by atoms with Crippen molar-refractivity contribution in [3.05, 3.63) is 33.8 Å². The largest absolute Gasteiger partial charge is 0.480 e. The van der Waals surface area contributed by atoms with Crippen LogP contribution in [0.1, 0.15) is 22.3 Å². The van der Waals surface area contributed by atoms with Crippen LogP contribution in [0.25, 0.3) is 0 Å². The molecule has 0 aromatic heterocycles. The number of aliphatic carboxylic acids is 1. The molecule has 1 aromatic rings. The van der Waals surface area contributed by atoms with E-state index in [1.165, 1.54) is 0 Å². The van der Waals surface area contributed by atoms with Crippen LogP contribution >= 0.6 is 27.7 Å². The number of thioether (sulfide) groups is 1. The lowest BCUT2D eigenvalue weighted by atomic mass is 10.1. The Balaban J connectivity index is 2.75. The van der Waals surface area contributed by atoms with E-state index in [1.54, 1.807) is 23.9 Å². The fraction of sp³-hybridized carbons (Fsp3) is 0.385. The first-order valence-corrected chi connectivity index (χ1v) is 7.93. The molecule has 0 aliphatic carbocycles. The number of carboxylic acids is 1. The highest BCUT2D eigenvalue weighted by Crippen LogP contribution is 2.17. The third-order valence-electron chi connectivity index (χ3n) is 2.65. The maximum atomic E-state index is 12.0. The second kappa shape index (κ2) is 7.55. The normalized spacial score (nSPS) is 11.9. The van der Waals surface area contributed by atoms with Gasteiger partial charge in [0.25, 0.3) is 5.91 Å². The Morgan fingerprint density at radius 2 is 2.16 bits per heavy atom. The van der Waals surface area contributed by atoms with Crippen molar-refractivity contribution in [3.8, 4) is 0 Å². The fourth-order valence-corrected chi connectivity index (χ4v) is 2.32. The zero-order chi connectivity index (χ0) is 14.4. The van der Waals surface area contributed by atoms with Crippen molar-refractivity contribution in [1.29, 1.82) is 0 Å². The Hall–Kier alpha value is -1.01. The predicted molar refractivity (Wildman–Crippen MR) is 80.8 cm³/mol. The molecular weight excluding hydrogens is 330 g/mol. The van der Waals surface area contributed by atoms with E-state index in [0.717, 1.165) is 10.0 Å². The summed E-state index contributed by atoms with van der Waals surface area (Å²) in [5, 5.41) is 11.6. The first-order chi connectivity index (χ1) is 8.95. The first kappa shape index (κ1) is 16.0. The van der Waals surface area contributed by atoms with Gasteiger partial charge in [0, 0.05) is 10.0 Å². The number of benzene rings is 1. The minimum atomic E-state index is -1.01. The zero-order valence-corrected chi connectivity index (χ0v) is 13.2. The number of rotatable bonds is 6. The van der Waals surface area contributed by atoms with Gasteiger partial charge in [-0.3, -0.25) is 4.79 Å². The average molecular weight is 346 g/mol. The van der Waals surface area contributed by atoms with Gasteiger partial charge in [0.2, 0.25) is 0 Å². The molecule has 0 fully saturated rings. The highest BCUT2D eigenvalue weighted by Gasteiger charge is 2.20. The minimum Gasteiger partial charge on any atom is -0.480 e. The second-order valence-electron chi connectivity index (χ2n) is 4.11. The Morgan fingerprint density at radius 3 is 2.68 bits per heavy atom. The number of carbonyl (C=O) groups is 2. The van der Waals surface area contributed by atoms with E-state index in [9.17, 15) is 9.59 Å². The lowest BCUT2D eigenvalue weighted by molar-refractivity contribution is -0.139. The molecule has 0 saturated heterocycles. The van der Waals surface area contributed by atoms with Gasteiger partial charge in [-0.2, -0.15) is 11.8 Å². The van der Waals surface area contributed by atoms with Crippen LogP contribution < -0.4 is 5.32 Å². The number of aryl methyl sites for hydroxylation is 1. The molecule has 0 aliphatic heterocycles. The molecule has 0 saturated carbocycles. The summed E-state index contributed by atoms with van der Waals surface area (Å²) in [4.78, 5) is 23.0. The number of hydrogen-bond donors (Lipinski definition) is 2. The van der Waals surface area contributed by atoms with Crippen molar-refractivity contribution in [2.45, 2.75) is 19.4 Å². The summed E-state index contributed by atoms with van der Waals surface area (Å²) in [6.07, 6.45) is 2.31. The lowest BCUT2D eigenvalue weighted by Gasteiger charge is -2.14. The molecule has 4 nitrogen and oxygen atoms in total. The van der Waals surface area contributed by atoms with Crippen molar-refractivity contribution < 1.29 is 14.7 Å². The van der Waals surface area contributed by atoms with Crippen LogP contribution in [0.15, 0.2) is 22.7 Å². The molecule has 0 unspecified atom stereocenters. The van der Waals surface area contributed by atoms with Gasteiger partial charge >= 0.3 is 5.97 Å². The summed E-state index contributed by atoms with van der Waals surface area (Å²) in [6.45, 7) is 1.92. The third kappa shape index (κ3) is 4.87. The highest BCUT2D eigenvalue weighted by atomic mass is 79.9. The van der Waals surface area contributed by atoms with Gasteiger partial charge < -0.3 is 10.4 Å². The monoisotopic (exact) mass is 345 g/mol. The highest BCUT2D eigenvalue weighted by molar-refractivity contribution is 9.10. The van der Waals surface area contributed by atoms with Crippen LogP contribution in [-0.2, 0) is 4.79 Å². The molecular formula is C13H16BrNO3S. The SMILES string of the molecule is CSCC[C@H](NC(=O)c1ccc(C)c(Br)c1)C(=O)O. The van der Waals surface area contributed by atoms with Crippen LogP contribution in [-0.4, -0.2) is 35.0 Å². The quantitative estimate of drug-likeness (QED) is 0.831. The fourth-order valence-electron chi connectivity index (χ4n) is 1.47. The molecule has 0 bridgehead atoms. The number of nitrogens with one attached hydrogen (secondary N) is 1. The molecule has 104 valence electrons. The number of carboxylic acid groups (broad SMARTS) is 1. The Kier molecular flexibility index (Phi) is 6.37. The molecule has 19 heavy (non-hydrogen) atoms. The smallest absolute Gasteiger partial charge is 0.326 e. The van der Waals surface area contributed by atoms with E-state index in [0.29, 0.717) is 17.7 Å². The van der Waals surface area contributed by atoms with Gasteiger partial charge in [0.05, 0.1) is 0 Å². The van der Waals surface area contributed by atoms with Gasteiger partial charge in [-0.25, -0.2) is 4.79 Å². The molecule has 1 rings (SSSR count). The number of halogens is 1. The van der Waals surface area contributed by atoms with Gasteiger partial charge in [-0.15, -0.1) is 0 Å². The average Bonchev–Trinajstić information content (AvgIpc) is 2.37. The summed E-state index contributed by atoms with van der Waals surface area (Å²) in [6, 6.07) is 4.34. The molecule has 6 heteroatoms. The predicted octanol–water partition coefficient (Wildman–Crippen LogP) is 2.69. The van der Waals surface area contributed by atoms with Crippen molar-refractivity contribution >= 4 is 39.6 Å². The molecule has 1 atom stereocenters. The van der Waals surface area contributed by atoms with E-state index in [-0.39, 0.29) is 5.91 Å². The maximum absolute atomic E-state index is 12.0. The van der Waals surface area contributed by atoms with Crippen LogP contribution in [0.2, 0.25) is 0 Å². The van der Waals surface area contributed by atoms with Crippen LogP contribution in [0.5, 0.6) is 0 Å². The van der Waals surface area contributed by atoms with E-state index >= 15 is 0 Å². The lowest BCUT2D eigenvalue weighted by Crippen LogP contribution is -2.41. The minimum absolute atomic E-state index is 0.366. The zero-order valence-electron chi connectivity index (χ0n) is 10.8. The van der Waals surface area contributed by atoms with Crippen molar-refractivity contribution in [2.24, 2.45) is 0 Å². The molecule has 2 N–H and O–H groups in total. The molecule has 1 amide bonds. The van der Waals surface area contributed by atoms with E-state index in [4.69, 9.17) is 5.11 Å².